The summed E-state index contributed by atoms with van der Waals surface area (Å²) < 4.78 is 1.45. The monoisotopic (exact) mass is 190 g/mol. The van der Waals surface area contributed by atoms with E-state index in [1.165, 1.54) is 15.9 Å². The summed E-state index contributed by atoms with van der Waals surface area (Å²) in [5.74, 6) is 0. The van der Waals surface area contributed by atoms with Crippen LogP contribution in [0.5, 0.6) is 0 Å². The summed E-state index contributed by atoms with van der Waals surface area (Å²) in [6, 6.07) is 1.41. The molecule has 1 aromatic heterocycles. The van der Waals surface area contributed by atoms with Crippen LogP contribution in [0.1, 0.15) is 0 Å². The van der Waals surface area contributed by atoms with Crippen LogP contribution in [0.3, 0.4) is 0 Å². The van der Waals surface area contributed by atoms with Gasteiger partial charge < -0.3 is 0 Å². The van der Waals surface area contributed by atoms with E-state index in [1.54, 1.807) is 6.20 Å². The van der Waals surface area contributed by atoms with Crippen molar-refractivity contribution in [3.8, 4) is 0 Å². The Balaban J connectivity index is 2.98. The van der Waals surface area contributed by atoms with Gasteiger partial charge in [-0.15, -0.1) is 0 Å². The number of aromatic nitrogens is 1. The highest BCUT2D eigenvalue weighted by Crippen LogP contribution is 2.11. The molecule has 0 radical (unpaired) electrons. The molecule has 0 aliphatic carbocycles. The second kappa shape index (κ2) is 2.18. The molecule has 4 nitrogen and oxygen atoms in total. The van der Waals surface area contributed by atoms with Crippen molar-refractivity contribution >= 4 is 21.8 Å². The number of hydrogen-bond donors (Lipinski definition) is 0. The standard InChI is InChI=1S/C4H3BrN2O2/c5-6-2-1-4(3-6)7(8)9/h1-3H. The number of halogens is 1. The van der Waals surface area contributed by atoms with Gasteiger partial charge in [0.15, 0.2) is 0 Å². The Morgan fingerprint density at radius 3 is 2.67 bits per heavy atom. The summed E-state index contributed by atoms with van der Waals surface area (Å²) in [5, 5.41) is 9.99. The first-order valence-electron chi connectivity index (χ1n) is 2.18. The summed E-state index contributed by atoms with van der Waals surface area (Å²) in [6.45, 7) is 0. The zero-order valence-electron chi connectivity index (χ0n) is 4.32. The topological polar surface area (TPSA) is 48.1 Å². The Morgan fingerprint density at radius 2 is 2.44 bits per heavy atom. The molecule has 0 unspecified atom stereocenters. The molecule has 0 atom stereocenters. The molecule has 0 aliphatic heterocycles. The van der Waals surface area contributed by atoms with Gasteiger partial charge in [0.05, 0.1) is 27.3 Å². The van der Waals surface area contributed by atoms with Gasteiger partial charge in [0, 0.05) is 12.3 Å². The Hall–Kier alpha value is -0.840. The van der Waals surface area contributed by atoms with Gasteiger partial charge >= 0.3 is 0 Å². The number of nitrogens with zero attached hydrogens (tertiary/aromatic N) is 2. The van der Waals surface area contributed by atoms with Gasteiger partial charge in [-0.1, -0.05) is 0 Å². The smallest absolute Gasteiger partial charge is 0.284 e. The lowest BCUT2D eigenvalue weighted by Gasteiger charge is -1.79. The third kappa shape index (κ3) is 1.29. The van der Waals surface area contributed by atoms with E-state index in [0.717, 1.165) is 0 Å². The summed E-state index contributed by atoms with van der Waals surface area (Å²) in [7, 11) is 0. The number of hydrogen-bond acceptors (Lipinski definition) is 2. The third-order valence-electron chi connectivity index (χ3n) is 0.854. The predicted molar refractivity (Wildman–Crippen MR) is 35.4 cm³/mol. The van der Waals surface area contributed by atoms with Gasteiger partial charge in [-0.3, -0.25) is 13.7 Å². The maximum Gasteiger partial charge on any atom is 0.287 e. The van der Waals surface area contributed by atoms with Crippen LogP contribution in [0.15, 0.2) is 18.5 Å². The highest BCUT2D eigenvalue weighted by Gasteiger charge is 2.04. The minimum absolute atomic E-state index is 0.0897. The summed E-state index contributed by atoms with van der Waals surface area (Å²) in [4.78, 5) is 9.54. The van der Waals surface area contributed by atoms with E-state index in [1.807, 2.05) is 0 Å². The molecule has 0 bridgehead atoms. The van der Waals surface area contributed by atoms with Crippen LogP contribution >= 0.6 is 16.1 Å². The van der Waals surface area contributed by atoms with E-state index in [0.29, 0.717) is 0 Å². The summed E-state index contributed by atoms with van der Waals surface area (Å²) >= 11 is 3.01. The fraction of sp³-hybridized carbons (Fsp3) is 0. The van der Waals surface area contributed by atoms with Gasteiger partial charge in [0.25, 0.3) is 5.69 Å². The van der Waals surface area contributed by atoms with Crippen LogP contribution in [0, 0.1) is 10.1 Å². The van der Waals surface area contributed by atoms with Crippen LogP contribution in [-0.2, 0) is 0 Å². The second-order valence-corrected chi connectivity index (χ2v) is 2.29. The molecule has 0 fully saturated rings. The normalized spacial score (nSPS) is 9.44. The summed E-state index contributed by atoms with van der Waals surface area (Å²) in [5.41, 5.74) is 0.0897. The fourth-order valence-electron chi connectivity index (χ4n) is 0.468. The highest BCUT2D eigenvalue weighted by atomic mass is 79.9. The van der Waals surface area contributed by atoms with Gasteiger partial charge in [0.1, 0.15) is 0 Å². The van der Waals surface area contributed by atoms with E-state index in [2.05, 4.69) is 16.1 Å². The zero-order chi connectivity index (χ0) is 6.85. The first kappa shape index (κ1) is 6.28. The molecule has 9 heavy (non-hydrogen) atoms. The van der Waals surface area contributed by atoms with E-state index in [9.17, 15) is 10.1 Å². The largest absolute Gasteiger partial charge is 0.287 e. The molecule has 48 valence electrons. The molecule has 0 aromatic carbocycles. The Labute approximate surface area is 59.6 Å². The second-order valence-electron chi connectivity index (χ2n) is 1.47. The van der Waals surface area contributed by atoms with E-state index < -0.39 is 4.92 Å². The number of nitro groups is 1. The Kier molecular flexibility index (Phi) is 1.52. The van der Waals surface area contributed by atoms with E-state index >= 15 is 0 Å². The molecule has 0 amide bonds. The lowest BCUT2D eigenvalue weighted by atomic mass is 10.6. The van der Waals surface area contributed by atoms with E-state index in [-0.39, 0.29) is 5.69 Å². The van der Waals surface area contributed by atoms with Gasteiger partial charge in [-0.05, 0) is 0 Å². The summed E-state index contributed by atoms with van der Waals surface area (Å²) in [6.07, 6.45) is 2.93. The maximum atomic E-state index is 9.99. The molecule has 1 aromatic rings. The van der Waals surface area contributed by atoms with Crippen molar-refractivity contribution in [3.63, 3.8) is 0 Å². The molecule has 0 spiro atoms. The van der Waals surface area contributed by atoms with Crippen molar-refractivity contribution < 1.29 is 4.92 Å². The molecular formula is C4H3BrN2O2. The molecule has 0 N–H and O–H groups in total. The molecule has 1 heterocycles. The first-order chi connectivity index (χ1) is 4.20. The van der Waals surface area contributed by atoms with Crippen molar-refractivity contribution in [1.29, 1.82) is 0 Å². The molecule has 0 saturated heterocycles. The van der Waals surface area contributed by atoms with Crippen molar-refractivity contribution in [2.45, 2.75) is 0 Å². The maximum absolute atomic E-state index is 9.99. The van der Waals surface area contributed by atoms with Crippen LogP contribution < -0.4 is 0 Å². The molecule has 0 saturated carbocycles. The average molecular weight is 191 g/mol. The molecule has 5 heteroatoms. The first-order valence-corrected chi connectivity index (χ1v) is 2.89. The quantitative estimate of drug-likeness (QED) is 0.499. The van der Waals surface area contributed by atoms with E-state index in [4.69, 9.17) is 0 Å². The lowest BCUT2D eigenvalue weighted by Crippen LogP contribution is -1.82. The minimum atomic E-state index is -0.447. The molecule has 1 rings (SSSR count). The Bertz CT molecular complexity index is 232. The van der Waals surface area contributed by atoms with Crippen LogP contribution in [0.25, 0.3) is 0 Å². The number of rotatable bonds is 1. The third-order valence-corrected chi connectivity index (χ3v) is 1.30. The van der Waals surface area contributed by atoms with Gasteiger partial charge in [-0.25, -0.2) is 0 Å². The average Bonchev–Trinajstić information content (AvgIpc) is 2.14. The predicted octanol–water partition coefficient (Wildman–Crippen LogP) is 1.55. The minimum Gasteiger partial charge on any atom is -0.284 e. The molecule has 0 aliphatic rings. The van der Waals surface area contributed by atoms with Crippen molar-refractivity contribution in [1.82, 2.24) is 3.59 Å². The molecular weight excluding hydrogens is 188 g/mol. The van der Waals surface area contributed by atoms with Crippen molar-refractivity contribution in [2.24, 2.45) is 0 Å². The van der Waals surface area contributed by atoms with Crippen molar-refractivity contribution in [3.05, 3.63) is 28.6 Å². The Morgan fingerprint density at radius 1 is 1.78 bits per heavy atom. The fourth-order valence-corrected chi connectivity index (χ4v) is 0.796. The van der Waals surface area contributed by atoms with Crippen molar-refractivity contribution in [2.75, 3.05) is 0 Å². The SMILES string of the molecule is O=[N+]([O-])c1ccn(Br)c1. The van der Waals surface area contributed by atoms with Crippen LogP contribution in [-0.4, -0.2) is 8.52 Å². The van der Waals surface area contributed by atoms with Gasteiger partial charge in [-0.2, -0.15) is 0 Å². The lowest BCUT2D eigenvalue weighted by molar-refractivity contribution is -0.384. The van der Waals surface area contributed by atoms with Crippen LogP contribution in [0.2, 0.25) is 0 Å². The highest BCUT2D eigenvalue weighted by molar-refractivity contribution is 9.08. The van der Waals surface area contributed by atoms with Crippen LogP contribution in [0.4, 0.5) is 5.69 Å². The van der Waals surface area contributed by atoms with Gasteiger partial charge in [0.2, 0.25) is 0 Å². The zero-order valence-corrected chi connectivity index (χ0v) is 5.91.